The van der Waals surface area contributed by atoms with Crippen LogP contribution in [0.1, 0.15) is 6.92 Å². The molecular weight excluding hydrogens is 274 g/mol. The van der Waals surface area contributed by atoms with Crippen molar-refractivity contribution in [3.63, 3.8) is 0 Å². The lowest BCUT2D eigenvalue weighted by atomic mass is 10.1. The van der Waals surface area contributed by atoms with E-state index in [1.54, 1.807) is 6.92 Å². The van der Waals surface area contributed by atoms with Crippen molar-refractivity contribution in [1.82, 2.24) is 9.97 Å². The van der Waals surface area contributed by atoms with Gasteiger partial charge in [0.2, 0.25) is 0 Å². The van der Waals surface area contributed by atoms with E-state index >= 15 is 0 Å². The minimum atomic E-state index is -0.418. The van der Waals surface area contributed by atoms with Crippen LogP contribution in [0, 0.1) is 0 Å². The van der Waals surface area contributed by atoms with Crippen LogP contribution in [0.5, 0.6) is 0 Å². The predicted octanol–water partition coefficient (Wildman–Crippen LogP) is 3.11. The molecule has 1 heterocycles. The molecule has 3 rings (SSSR count). The zero-order valence-corrected chi connectivity index (χ0v) is 12.8. The van der Waals surface area contributed by atoms with Crippen LogP contribution >= 0.6 is 0 Å². The molecule has 1 N–H and O–H groups in total. The fraction of sp³-hybridized carbons (Fsp3) is 0.222. The number of nitrogens with zero attached hydrogens (tertiary/aromatic N) is 3. The molecule has 0 bridgehead atoms. The number of benzene rings is 2. The first-order valence-electron chi connectivity index (χ1n) is 7.36. The number of hydrogen-bond donors (Lipinski definition) is 1. The molecule has 0 aliphatic heterocycles. The third-order valence-electron chi connectivity index (χ3n) is 3.51. The highest BCUT2D eigenvalue weighted by molar-refractivity contribution is 5.91. The summed E-state index contributed by atoms with van der Waals surface area (Å²) in [6, 6.07) is 17.9. The number of fused-ring (bicyclic) bond motifs is 1. The van der Waals surface area contributed by atoms with E-state index in [1.165, 1.54) is 0 Å². The molecule has 1 unspecified atom stereocenters. The Hall–Kier alpha value is -2.46. The average molecular weight is 293 g/mol. The van der Waals surface area contributed by atoms with Gasteiger partial charge in [-0.1, -0.05) is 42.5 Å². The summed E-state index contributed by atoms with van der Waals surface area (Å²) in [6.07, 6.45) is -0.418. The molecule has 4 nitrogen and oxygen atoms in total. The van der Waals surface area contributed by atoms with Gasteiger partial charge in [0.05, 0.1) is 11.6 Å². The van der Waals surface area contributed by atoms with E-state index in [9.17, 15) is 5.11 Å². The maximum atomic E-state index is 9.66. The Morgan fingerprint density at radius 2 is 1.68 bits per heavy atom. The number of hydrogen-bond acceptors (Lipinski definition) is 4. The summed E-state index contributed by atoms with van der Waals surface area (Å²) in [5.41, 5.74) is 1.89. The maximum absolute atomic E-state index is 9.66. The minimum absolute atomic E-state index is 0.418. The van der Waals surface area contributed by atoms with Crippen LogP contribution < -0.4 is 4.90 Å². The molecule has 4 heteroatoms. The standard InChI is InChI=1S/C18H19N3O/c1-13(22)12-21(2)18-15-10-6-7-11-16(15)19-17(20-18)14-8-4-3-5-9-14/h3-11,13,22H,12H2,1-2H3. The van der Waals surface area contributed by atoms with Crippen molar-refractivity contribution in [1.29, 1.82) is 0 Å². The van der Waals surface area contributed by atoms with Gasteiger partial charge in [0.1, 0.15) is 5.82 Å². The van der Waals surface area contributed by atoms with Gasteiger partial charge < -0.3 is 10.0 Å². The van der Waals surface area contributed by atoms with E-state index in [2.05, 4.69) is 4.98 Å². The molecule has 0 fully saturated rings. The Bertz CT molecular complexity index is 772. The molecule has 3 aromatic rings. The summed E-state index contributed by atoms with van der Waals surface area (Å²) in [4.78, 5) is 11.4. The molecule has 0 spiro atoms. The van der Waals surface area contributed by atoms with E-state index in [0.717, 1.165) is 22.3 Å². The minimum Gasteiger partial charge on any atom is -0.392 e. The highest BCUT2D eigenvalue weighted by Gasteiger charge is 2.13. The SMILES string of the molecule is CC(O)CN(C)c1nc(-c2ccccc2)nc2ccccc12. The van der Waals surface area contributed by atoms with Crippen LogP contribution in [-0.4, -0.2) is 34.8 Å². The van der Waals surface area contributed by atoms with Crippen molar-refractivity contribution in [3.8, 4) is 11.4 Å². The Labute approximate surface area is 130 Å². The number of rotatable bonds is 4. The molecule has 1 atom stereocenters. The summed E-state index contributed by atoms with van der Waals surface area (Å²) in [7, 11) is 1.94. The zero-order chi connectivity index (χ0) is 15.5. The molecule has 22 heavy (non-hydrogen) atoms. The van der Waals surface area contributed by atoms with E-state index in [4.69, 9.17) is 4.98 Å². The van der Waals surface area contributed by atoms with Gasteiger partial charge in [-0.3, -0.25) is 0 Å². The zero-order valence-electron chi connectivity index (χ0n) is 12.8. The Kier molecular flexibility index (Phi) is 4.02. The van der Waals surface area contributed by atoms with Crippen molar-refractivity contribution in [2.24, 2.45) is 0 Å². The summed E-state index contributed by atoms with van der Waals surface area (Å²) < 4.78 is 0. The Balaban J connectivity index is 2.16. The third kappa shape index (κ3) is 2.92. The van der Waals surface area contributed by atoms with Crippen molar-refractivity contribution < 1.29 is 5.11 Å². The van der Waals surface area contributed by atoms with Gasteiger partial charge in [-0.15, -0.1) is 0 Å². The fourth-order valence-electron chi connectivity index (χ4n) is 2.55. The molecule has 0 radical (unpaired) electrons. The van der Waals surface area contributed by atoms with Crippen LogP contribution in [-0.2, 0) is 0 Å². The molecule has 1 aromatic heterocycles. The highest BCUT2D eigenvalue weighted by Crippen LogP contribution is 2.26. The lowest BCUT2D eigenvalue weighted by Gasteiger charge is -2.22. The quantitative estimate of drug-likeness (QED) is 0.803. The second kappa shape index (κ2) is 6.12. The van der Waals surface area contributed by atoms with Crippen LogP contribution in [0.3, 0.4) is 0 Å². The number of likely N-dealkylation sites (N-methyl/N-ethyl adjacent to an activating group) is 1. The lowest BCUT2D eigenvalue weighted by molar-refractivity contribution is 0.201. The highest BCUT2D eigenvalue weighted by atomic mass is 16.3. The van der Waals surface area contributed by atoms with Crippen LogP contribution in [0.25, 0.3) is 22.3 Å². The van der Waals surface area contributed by atoms with Gasteiger partial charge in [-0.2, -0.15) is 0 Å². The topological polar surface area (TPSA) is 49.2 Å². The summed E-state index contributed by atoms with van der Waals surface area (Å²) >= 11 is 0. The molecule has 112 valence electrons. The van der Waals surface area contributed by atoms with Crippen molar-refractivity contribution in [2.75, 3.05) is 18.5 Å². The Morgan fingerprint density at radius 1 is 1.00 bits per heavy atom. The van der Waals surface area contributed by atoms with Gasteiger partial charge >= 0.3 is 0 Å². The van der Waals surface area contributed by atoms with Gasteiger partial charge in [-0.05, 0) is 19.1 Å². The summed E-state index contributed by atoms with van der Waals surface area (Å²) in [6.45, 7) is 2.30. The Morgan fingerprint density at radius 3 is 2.41 bits per heavy atom. The molecule has 0 amide bonds. The number of para-hydroxylation sites is 1. The van der Waals surface area contributed by atoms with Gasteiger partial charge in [0.15, 0.2) is 5.82 Å². The van der Waals surface area contributed by atoms with Crippen molar-refractivity contribution in [2.45, 2.75) is 13.0 Å². The predicted molar refractivity (Wildman–Crippen MR) is 89.9 cm³/mol. The van der Waals surface area contributed by atoms with Gasteiger partial charge in [0, 0.05) is 24.5 Å². The first kappa shape index (κ1) is 14.5. The van der Waals surface area contributed by atoms with Crippen LogP contribution in [0.2, 0.25) is 0 Å². The average Bonchev–Trinajstić information content (AvgIpc) is 2.54. The van der Waals surface area contributed by atoms with E-state index in [-0.39, 0.29) is 0 Å². The van der Waals surface area contributed by atoms with Crippen molar-refractivity contribution in [3.05, 3.63) is 54.6 Å². The summed E-state index contributed by atoms with van der Waals surface area (Å²) in [5.74, 6) is 1.54. The lowest BCUT2D eigenvalue weighted by Crippen LogP contribution is -2.28. The number of anilines is 1. The third-order valence-corrected chi connectivity index (χ3v) is 3.51. The van der Waals surface area contributed by atoms with Crippen LogP contribution in [0.4, 0.5) is 5.82 Å². The van der Waals surface area contributed by atoms with E-state index in [0.29, 0.717) is 12.4 Å². The van der Waals surface area contributed by atoms with Crippen LogP contribution in [0.15, 0.2) is 54.6 Å². The van der Waals surface area contributed by atoms with E-state index in [1.807, 2.05) is 66.5 Å². The monoisotopic (exact) mass is 293 g/mol. The first-order valence-corrected chi connectivity index (χ1v) is 7.36. The van der Waals surface area contributed by atoms with Gasteiger partial charge in [0.25, 0.3) is 0 Å². The largest absolute Gasteiger partial charge is 0.392 e. The molecule has 0 saturated carbocycles. The van der Waals surface area contributed by atoms with E-state index < -0.39 is 6.10 Å². The first-order chi connectivity index (χ1) is 10.6. The number of aromatic nitrogens is 2. The molecule has 2 aromatic carbocycles. The second-order valence-corrected chi connectivity index (χ2v) is 5.48. The number of aliphatic hydroxyl groups is 1. The van der Waals surface area contributed by atoms with Crippen molar-refractivity contribution >= 4 is 16.7 Å². The number of aliphatic hydroxyl groups excluding tert-OH is 1. The molecule has 0 aliphatic carbocycles. The smallest absolute Gasteiger partial charge is 0.162 e. The fourth-order valence-corrected chi connectivity index (χ4v) is 2.55. The molecular formula is C18H19N3O. The van der Waals surface area contributed by atoms with Gasteiger partial charge in [-0.25, -0.2) is 9.97 Å². The maximum Gasteiger partial charge on any atom is 0.162 e. The molecule has 0 saturated heterocycles. The normalized spacial score (nSPS) is 12.3. The summed E-state index contributed by atoms with van der Waals surface area (Å²) in [5, 5.41) is 10.6. The second-order valence-electron chi connectivity index (χ2n) is 5.48. The molecule has 0 aliphatic rings.